The molecule has 2 heterocycles. The largest absolute Gasteiger partial charge is 0.493 e. The van der Waals surface area contributed by atoms with E-state index < -0.39 is 21.5 Å². The Hall–Kier alpha value is -3.72. The smallest absolute Gasteiger partial charge is 0.269 e. The number of methoxy groups -OCH3 is 1. The molecule has 0 aromatic heterocycles. The first-order valence-corrected chi connectivity index (χ1v) is 12.5. The third-order valence-electron chi connectivity index (χ3n) is 9.25. The quantitative estimate of drug-likeness (QED) is 0.379. The predicted molar refractivity (Wildman–Crippen MR) is 136 cm³/mol. The number of carbonyl (C=O) groups excluding carboxylic acids is 2. The summed E-state index contributed by atoms with van der Waals surface area (Å²) in [6, 6.07) is 10.0. The standard InChI is InChI=1S/C28H29N3O6/c1-26-22(32)12-13-28(29-23(33)11-6-17-4-8-19(9-5-17)31(34)35)21-16-18-7-10-20(36-3)25(37-26)24(18)27(26,28)14-15-30(21)2/h4-11,21H,12-16H2,1-3H3,(H,29,33)/b11-6+/t21-,26+,27+,28-/m1/s1. The SMILES string of the molecule is COc1ccc2c3c1O[C@@]1(C)C(=O)CC[C@@]4(NC(=O)/C=C/c5ccc([N+](=O)[O-])cc5)[C@@H](C2)N(C)CC[C@]314. The first-order chi connectivity index (χ1) is 17.7. The molecule has 2 aliphatic carbocycles. The average molecular weight is 504 g/mol. The lowest BCUT2D eigenvalue weighted by Gasteiger charge is -2.67. The molecule has 2 bridgehead atoms. The van der Waals surface area contributed by atoms with Gasteiger partial charge in [0.25, 0.3) is 5.69 Å². The Labute approximate surface area is 214 Å². The number of nitrogens with zero attached hydrogens (tertiary/aromatic N) is 2. The second kappa shape index (κ2) is 7.89. The number of piperidine rings is 1. The Bertz CT molecular complexity index is 1370. The Morgan fingerprint density at radius 1 is 1.24 bits per heavy atom. The van der Waals surface area contributed by atoms with E-state index in [1.807, 2.05) is 13.0 Å². The first kappa shape index (κ1) is 23.7. The summed E-state index contributed by atoms with van der Waals surface area (Å²) in [5, 5.41) is 14.3. The van der Waals surface area contributed by atoms with Gasteiger partial charge in [-0.15, -0.1) is 0 Å². The molecule has 192 valence electrons. The van der Waals surface area contributed by atoms with Crippen molar-refractivity contribution in [3.8, 4) is 11.5 Å². The molecule has 2 aromatic carbocycles. The van der Waals surface area contributed by atoms with E-state index in [4.69, 9.17) is 9.47 Å². The number of nitro groups is 1. The Morgan fingerprint density at radius 2 is 2.00 bits per heavy atom. The molecule has 9 heteroatoms. The fraction of sp³-hybridized carbons (Fsp3) is 0.429. The summed E-state index contributed by atoms with van der Waals surface area (Å²) < 4.78 is 12.2. The molecule has 6 rings (SSSR count). The summed E-state index contributed by atoms with van der Waals surface area (Å²) in [7, 11) is 3.68. The summed E-state index contributed by atoms with van der Waals surface area (Å²) in [4.78, 5) is 39.9. The number of ketones is 1. The fourth-order valence-electron chi connectivity index (χ4n) is 7.59. The van der Waals surface area contributed by atoms with Crippen molar-refractivity contribution < 1.29 is 24.0 Å². The third kappa shape index (κ3) is 2.94. The van der Waals surface area contributed by atoms with Gasteiger partial charge in [0.05, 0.1) is 23.0 Å². The number of non-ortho nitro benzene ring substituents is 1. The molecule has 1 N–H and O–H groups in total. The first-order valence-electron chi connectivity index (χ1n) is 12.5. The van der Waals surface area contributed by atoms with Crippen LogP contribution < -0.4 is 14.8 Å². The number of hydrogen-bond acceptors (Lipinski definition) is 7. The van der Waals surface area contributed by atoms with Crippen molar-refractivity contribution in [1.82, 2.24) is 10.2 Å². The van der Waals surface area contributed by atoms with Gasteiger partial charge in [0.15, 0.2) is 22.9 Å². The maximum absolute atomic E-state index is 13.6. The van der Waals surface area contributed by atoms with Crippen molar-refractivity contribution in [2.75, 3.05) is 20.7 Å². The number of hydrogen-bond donors (Lipinski definition) is 1. The zero-order chi connectivity index (χ0) is 26.2. The molecule has 4 aliphatic rings. The van der Waals surface area contributed by atoms with E-state index in [0.717, 1.165) is 24.1 Å². The van der Waals surface area contributed by atoms with Crippen molar-refractivity contribution in [1.29, 1.82) is 0 Å². The van der Waals surface area contributed by atoms with Gasteiger partial charge in [-0.1, -0.05) is 6.07 Å². The molecule has 1 spiro atoms. The number of nitrogens with one attached hydrogen (secondary N) is 1. The Balaban J connectivity index is 1.44. The van der Waals surface area contributed by atoms with Gasteiger partial charge in [-0.3, -0.25) is 19.7 Å². The van der Waals surface area contributed by atoms with Gasteiger partial charge in [0.2, 0.25) is 5.91 Å². The number of rotatable bonds is 5. The van der Waals surface area contributed by atoms with E-state index in [1.165, 1.54) is 18.2 Å². The highest BCUT2D eigenvalue weighted by Crippen LogP contribution is 2.68. The van der Waals surface area contributed by atoms with Crippen LogP contribution in [-0.4, -0.2) is 59.4 Å². The van der Waals surface area contributed by atoms with E-state index in [1.54, 1.807) is 25.3 Å². The number of nitro benzene ring substituents is 1. The molecular formula is C28H29N3O6. The zero-order valence-electron chi connectivity index (χ0n) is 21.1. The highest BCUT2D eigenvalue weighted by molar-refractivity contribution is 5.97. The monoisotopic (exact) mass is 503 g/mol. The van der Waals surface area contributed by atoms with Gasteiger partial charge in [-0.25, -0.2) is 0 Å². The fourth-order valence-corrected chi connectivity index (χ4v) is 7.59. The number of Topliss-reactive ketones (excluding diaryl/α,β-unsaturated/α-hetero) is 1. The minimum atomic E-state index is -1.12. The number of carbonyl (C=O) groups is 2. The molecule has 2 aliphatic heterocycles. The Morgan fingerprint density at radius 3 is 2.70 bits per heavy atom. The van der Waals surface area contributed by atoms with E-state index in [-0.39, 0.29) is 23.4 Å². The van der Waals surface area contributed by atoms with Gasteiger partial charge in [-0.05, 0) is 75.2 Å². The minimum Gasteiger partial charge on any atom is -0.493 e. The number of ether oxygens (including phenoxy) is 2. The second-order valence-electron chi connectivity index (χ2n) is 10.7. The van der Waals surface area contributed by atoms with Gasteiger partial charge < -0.3 is 19.7 Å². The number of amides is 1. The summed E-state index contributed by atoms with van der Waals surface area (Å²) in [5.74, 6) is 1.01. The van der Waals surface area contributed by atoms with Crippen LogP contribution in [0.25, 0.3) is 6.08 Å². The predicted octanol–water partition coefficient (Wildman–Crippen LogP) is 3.18. The normalized spacial score (nSPS) is 31.5. The molecule has 9 nitrogen and oxygen atoms in total. The molecule has 0 radical (unpaired) electrons. The average Bonchev–Trinajstić information content (AvgIpc) is 3.17. The van der Waals surface area contributed by atoms with Gasteiger partial charge >= 0.3 is 0 Å². The van der Waals surface area contributed by atoms with Crippen LogP contribution in [0, 0.1) is 10.1 Å². The van der Waals surface area contributed by atoms with E-state index in [0.29, 0.717) is 36.3 Å². The highest BCUT2D eigenvalue weighted by atomic mass is 16.6. The molecule has 1 saturated carbocycles. The maximum Gasteiger partial charge on any atom is 0.269 e. The number of likely N-dealkylation sites (tertiary alicyclic amines) is 1. The Kier molecular flexibility index (Phi) is 5.04. The molecule has 0 unspecified atom stereocenters. The van der Waals surface area contributed by atoms with Crippen LogP contribution in [0.4, 0.5) is 5.69 Å². The summed E-state index contributed by atoms with van der Waals surface area (Å²) in [6.07, 6.45) is 5.34. The molecule has 2 aromatic rings. The van der Waals surface area contributed by atoms with Crippen LogP contribution in [0.1, 0.15) is 42.9 Å². The van der Waals surface area contributed by atoms with Crippen molar-refractivity contribution in [2.45, 2.75) is 55.2 Å². The molecule has 4 atom stereocenters. The summed E-state index contributed by atoms with van der Waals surface area (Å²) in [5.41, 5.74) is 0.262. The van der Waals surface area contributed by atoms with Crippen LogP contribution >= 0.6 is 0 Å². The maximum atomic E-state index is 13.6. The van der Waals surface area contributed by atoms with E-state index >= 15 is 0 Å². The number of benzene rings is 2. The second-order valence-corrected chi connectivity index (χ2v) is 10.7. The minimum absolute atomic E-state index is 0.00468. The lowest BCUT2D eigenvalue weighted by atomic mass is 9.43. The summed E-state index contributed by atoms with van der Waals surface area (Å²) in [6.45, 7) is 2.67. The molecule has 2 fully saturated rings. The van der Waals surface area contributed by atoms with E-state index in [2.05, 4.69) is 23.3 Å². The van der Waals surface area contributed by atoms with Crippen LogP contribution in [0.2, 0.25) is 0 Å². The van der Waals surface area contributed by atoms with Crippen molar-refractivity contribution in [3.63, 3.8) is 0 Å². The molecule has 37 heavy (non-hydrogen) atoms. The number of likely N-dealkylation sites (N-methyl/N-ethyl adjacent to an activating group) is 1. The lowest BCUT2D eigenvalue weighted by Crippen LogP contribution is -2.84. The van der Waals surface area contributed by atoms with E-state index in [9.17, 15) is 19.7 Å². The van der Waals surface area contributed by atoms with Crippen molar-refractivity contribution >= 4 is 23.5 Å². The molecular weight excluding hydrogens is 474 g/mol. The lowest BCUT2D eigenvalue weighted by molar-refractivity contribution is -0.384. The van der Waals surface area contributed by atoms with Crippen LogP contribution in [0.5, 0.6) is 11.5 Å². The molecule has 1 saturated heterocycles. The highest BCUT2D eigenvalue weighted by Gasteiger charge is 2.78. The van der Waals surface area contributed by atoms with Crippen molar-refractivity contribution in [3.05, 3.63) is 69.3 Å². The van der Waals surface area contributed by atoms with Gasteiger partial charge in [0.1, 0.15) is 0 Å². The van der Waals surface area contributed by atoms with Crippen LogP contribution in [0.3, 0.4) is 0 Å². The topological polar surface area (TPSA) is 111 Å². The zero-order valence-corrected chi connectivity index (χ0v) is 21.1. The van der Waals surface area contributed by atoms with Gasteiger partial charge in [0, 0.05) is 36.2 Å². The third-order valence-corrected chi connectivity index (χ3v) is 9.25. The van der Waals surface area contributed by atoms with Crippen LogP contribution in [0.15, 0.2) is 42.5 Å². The molecule has 1 amide bonds. The van der Waals surface area contributed by atoms with Gasteiger partial charge in [-0.2, -0.15) is 0 Å². The van der Waals surface area contributed by atoms with Crippen molar-refractivity contribution in [2.24, 2.45) is 0 Å². The van der Waals surface area contributed by atoms with Crippen LogP contribution in [-0.2, 0) is 21.4 Å². The summed E-state index contributed by atoms with van der Waals surface area (Å²) >= 11 is 0.